The second-order valence-electron chi connectivity index (χ2n) is 3.55. The van der Waals surface area contributed by atoms with Gasteiger partial charge in [-0.1, -0.05) is 18.2 Å². The second kappa shape index (κ2) is 3.82. The van der Waals surface area contributed by atoms with Crippen LogP contribution in [0.1, 0.15) is 0 Å². The number of para-hydroxylation sites is 1. The van der Waals surface area contributed by atoms with Crippen molar-refractivity contribution in [3.05, 3.63) is 30.5 Å². The summed E-state index contributed by atoms with van der Waals surface area (Å²) >= 11 is 0. The molecule has 0 aliphatic carbocycles. The number of aromatic amines is 1. The molecule has 0 fully saturated rings. The lowest BCUT2D eigenvalue weighted by molar-refractivity contribution is 0.602. The van der Waals surface area contributed by atoms with Gasteiger partial charge in [0.25, 0.3) is 14.2 Å². The van der Waals surface area contributed by atoms with Gasteiger partial charge >= 0.3 is 0 Å². The third kappa shape index (κ3) is 1.77. The van der Waals surface area contributed by atoms with Gasteiger partial charge in [-0.15, -0.1) is 0 Å². The Bertz CT molecular complexity index is 822. The number of aromatic nitrogens is 3. The van der Waals surface area contributed by atoms with Gasteiger partial charge in [-0.2, -0.15) is 10.1 Å². The van der Waals surface area contributed by atoms with E-state index >= 15 is 0 Å². The van der Waals surface area contributed by atoms with Crippen LogP contribution in [0.15, 0.2) is 40.1 Å². The minimum atomic E-state index is -3.91. The van der Waals surface area contributed by atoms with Crippen LogP contribution in [0.5, 0.6) is 0 Å². The predicted molar refractivity (Wildman–Crippen MR) is 64.6 cm³/mol. The highest BCUT2D eigenvalue weighted by atomic mass is 35.7. The van der Waals surface area contributed by atoms with Crippen LogP contribution in [-0.2, 0) is 9.05 Å². The molecule has 92 valence electrons. The van der Waals surface area contributed by atoms with Gasteiger partial charge in [-0.25, -0.2) is 13.5 Å². The number of rotatable bonds is 2. The van der Waals surface area contributed by atoms with Crippen LogP contribution in [0.2, 0.25) is 0 Å². The van der Waals surface area contributed by atoms with Gasteiger partial charge in [-0.05, 0) is 6.07 Å². The molecule has 1 aromatic carbocycles. The number of furan rings is 1. The fraction of sp³-hybridized carbons (Fsp3) is 0. The molecule has 0 bridgehead atoms. The standard InChI is InChI=1S/C10H6ClN3O3S/c11-18(15,16)10-12-9(13-14-10)7-5-17-8-4-2-1-3-6(7)8/h1-5H,(H,12,13,14). The number of halogens is 1. The molecule has 18 heavy (non-hydrogen) atoms. The van der Waals surface area contributed by atoms with E-state index in [-0.39, 0.29) is 11.0 Å². The molecule has 6 nitrogen and oxygen atoms in total. The van der Waals surface area contributed by atoms with Gasteiger partial charge in [-0.3, -0.25) is 0 Å². The molecule has 0 spiro atoms. The van der Waals surface area contributed by atoms with E-state index in [9.17, 15) is 8.42 Å². The topological polar surface area (TPSA) is 88.8 Å². The predicted octanol–water partition coefficient (Wildman–Crippen LogP) is 2.15. The molecule has 3 rings (SSSR count). The summed E-state index contributed by atoms with van der Waals surface area (Å²) in [6, 6.07) is 7.31. The Balaban J connectivity index is 2.18. The van der Waals surface area contributed by atoms with Crippen LogP contribution >= 0.6 is 10.7 Å². The van der Waals surface area contributed by atoms with Gasteiger partial charge in [0.05, 0.1) is 5.56 Å². The summed E-state index contributed by atoms with van der Waals surface area (Å²) in [5.74, 6) is 0.221. The molecule has 2 aromatic heterocycles. The molecule has 0 saturated heterocycles. The van der Waals surface area contributed by atoms with Gasteiger partial charge in [0.15, 0.2) is 5.82 Å². The van der Waals surface area contributed by atoms with E-state index < -0.39 is 9.05 Å². The van der Waals surface area contributed by atoms with Crippen molar-refractivity contribution >= 4 is 30.7 Å². The van der Waals surface area contributed by atoms with E-state index in [2.05, 4.69) is 15.2 Å². The fourth-order valence-electron chi connectivity index (χ4n) is 1.63. The zero-order chi connectivity index (χ0) is 12.8. The fourth-order valence-corrected chi connectivity index (χ4v) is 2.18. The summed E-state index contributed by atoms with van der Waals surface area (Å²) < 4.78 is 27.5. The quantitative estimate of drug-likeness (QED) is 0.728. The van der Waals surface area contributed by atoms with Crippen LogP contribution in [0.3, 0.4) is 0 Å². The SMILES string of the molecule is O=S(=O)(Cl)c1nc(-c2coc3ccccc23)n[nH]1. The molecule has 0 unspecified atom stereocenters. The first-order valence-corrected chi connectivity index (χ1v) is 7.20. The van der Waals surface area contributed by atoms with Crippen molar-refractivity contribution in [1.82, 2.24) is 15.2 Å². The Morgan fingerprint density at radius 1 is 1.28 bits per heavy atom. The summed E-state index contributed by atoms with van der Waals surface area (Å²) in [4.78, 5) is 3.83. The van der Waals surface area contributed by atoms with Crippen molar-refractivity contribution in [2.24, 2.45) is 0 Å². The molecule has 2 heterocycles. The number of fused-ring (bicyclic) bond motifs is 1. The zero-order valence-electron chi connectivity index (χ0n) is 8.79. The van der Waals surface area contributed by atoms with Crippen molar-refractivity contribution in [3.63, 3.8) is 0 Å². The van der Waals surface area contributed by atoms with Crippen molar-refractivity contribution in [2.45, 2.75) is 5.16 Å². The summed E-state index contributed by atoms with van der Waals surface area (Å²) in [5, 5.41) is 6.51. The molecule has 3 aromatic rings. The number of nitrogens with one attached hydrogen (secondary N) is 1. The zero-order valence-corrected chi connectivity index (χ0v) is 10.4. The van der Waals surface area contributed by atoms with Gasteiger partial charge < -0.3 is 4.42 Å². The van der Waals surface area contributed by atoms with E-state index in [0.29, 0.717) is 11.1 Å². The minimum absolute atomic E-state index is 0.221. The van der Waals surface area contributed by atoms with Crippen LogP contribution in [0.25, 0.3) is 22.4 Å². The first kappa shape index (κ1) is 11.2. The lowest BCUT2D eigenvalue weighted by Gasteiger charge is -1.89. The largest absolute Gasteiger partial charge is 0.464 e. The van der Waals surface area contributed by atoms with Gasteiger partial charge in [0.2, 0.25) is 0 Å². The Morgan fingerprint density at radius 3 is 2.78 bits per heavy atom. The highest BCUT2D eigenvalue weighted by Crippen LogP contribution is 2.28. The number of H-pyrrole nitrogens is 1. The summed E-state index contributed by atoms with van der Waals surface area (Å²) in [6.07, 6.45) is 1.47. The highest BCUT2D eigenvalue weighted by molar-refractivity contribution is 8.13. The number of nitrogens with zero attached hydrogens (tertiary/aromatic N) is 2. The normalized spacial score (nSPS) is 12.1. The molecular formula is C10H6ClN3O3S. The highest BCUT2D eigenvalue weighted by Gasteiger charge is 2.18. The van der Waals surface area contributed by atoms with Gasteiger partial charge in [0, 0.05) is 16.1 Å². The van der Waals surface area contributed by atoms with Crippen molar-refractivity contribution in [3.8, 4) is 11.4 Å². The molecule has 0 atom stereocenters. The molecule has 0 aliphatic heterocycles. The average molecular weight is 284 g/mol. The van der Waals surface area contributed by atoms with Crippen LogP contribution in [0.4, 0.5) is 0 Å². The molecule has 0 amide bonds. The lowest BCUT2D eigenvalue weighted by atomic mass is 10.2. The number of hydrogen-bond donors (Lipinski definition) is 1. The number of benzene rings is 1. The van der Waals surface area contributed by atoms with Gasteiger partial charge in [0.1, 0.15) is 11.8 Å². The molecule has 0 radical (unpaired) electrons. The molecule has 1 N–H and O–H groups in total. The Hall–Kier alpha value is -1.86. The Labute approximate surface area is 106 Å². The molecule has 8 heteroatoms. The smallest absolute Gasteiger partial charge is 0.296 e. The molecule has 0 aliphatic rings. The van der Waals surface area contributed by atoms with Crippen LogP contribution in [0, 0.1) is 0 Å². The Kier molecular flexibility index (Phi) is 2.39. The van der Waals surface area contributed by atoms with Crippen molar-refractivity contribution in [2.75, 3.05) is 0 Å². The monoisotopic (exact) mass is 283 g/mol. The lowest BCUT2D eigenvalue weighted by Crippen LogP contribution is -1.92. The summed E-state index contributed by atoms with van der Waals surface area (Å²) in [5.41, 5.74) is 1.28. The van der Waals surface area contributed by atoms with E-state index in [1.54, 1.807) is 6.07 Å². The summed E-state index contributed by atoms with van der Waals surface area (Å²) in [6.45, 7) is 0. The van der Waals surface area contributed by atoms with Crippen molar-refractivity contribution < 1.29 is 12.8 Å². The number of hydrogen-bond acceptors (Lipinski definition) is 5. The van der Waals surface area contributed by atoms with E-state index in [1.165, 1.54) is 6.26 Å². The van der Waals surface area contributed by atoms with E-state index in [4.69, 9.17) is 15.1 Å². The molecule has 0 saturated carbocycles. The summed E-state index contributed by atoms with van der Waals surface area (Å²) in [7, 11) is 1.25. The minimum Gasteiger partial charge on any atom is -0.464 e. The average Bonchev–Trinajstić information content (AvgIpc) is 2.94. The van der Waals surface area contributed by atoms with E-state index in [1.807, 2.05) is 18.2 Å². The third-order valence-electron chi connectivity index (χ3n) is 2.42. The third-order valence-corrected chi connectivity index (χ3v) is 3.50. The van der Waals surface area contributed by atoms with Crippen LogP contribution < -0.4 is 0 Å². The van der Waals surface area contributed by atoms with Crippen molar-refractivity contribution in [1.29, 1.82) is 0 Å². The second-order valence-corrected chi connectivity index (χ2v) is 6.03. The Morgan fingerprint density at radius 2 is 2.06 bits per heavy atom. The van der Waals surface area contributed by atoms with Crippen LogP contribution in [-0.4, -0.2) is 23.6 Å². The maximum absolute atomic E-state index is 11.1. The maximum Gasteiger partial charge on any atom is 0.296 e. The molecular weight excluding hydrogens is 278 g/mol. The van der Waals surface area contributed by atoms with E-state index in [0.717, 1.165) is 5.39 Å². The maximum atomic E-state index is 11.1. The first-order chi connectivity index (χ1) is 8.55. The first-order valence-electron chi connectivity index (χ1n) is 4.89.